The fourth-order valence-corrected chi connectivity index (χ4v) is 9.70. The van der Waals surface area contributed by atoms with Gasteiger partial charge in [0.2, 0.25) is 5.52 Å². The van der Waals surface area contributed by atoms with E-state index in [0.29, 0.717) is 19.5 Å². The predicted molar refractivity (Wildman–Crippen MR) is 184 cm³/mol. The first-order valence-electron chi connectivity index (χ1n) is 14.9. The third kappa shape index (κ3) is 7.21. The molecule has 1 unspecified atom stereocenters. The van der Waals surface area contributed by atoms with Gasteiger partial charge in [0.15, 0.2) is 6.54 Å². The molecule has 0 aliphatic carbocycles. The summed E-state index contributed by atoms with van der Waals surface area (Å²) in [7, 11) is -8.41. The van der Waals surface area contributed by atoms with Crippen LogP contribution in [0.2, 0.25) is 0 Å². The topological polar surface area (TPSA) is 119 Å². The molecule has 0 saturated heterocycles. The lowest BCUT2D eigenvalue weighted by molar-refractivity contribution is -0.667. The minimum absolute atomic E-state index is 0.0210. The van der Waals surface area contributed by atoms with E-state index in [1.54, 1.807) is 23.1 Å². The van der Waals surface area contributed by atoms with Crippen molar-refractivity contribution in [3.63, 3.8) is 0 Å². The zero-order valence-electron chi connectivity index (χ0n) is 24.8. The van der Waals surface area contributed by atoms with Gasteiger partial charge in [-0.2, -0.15) is 13.0 Å². The summed E-state index contributed by atoms with van der Waals surface area (Å²) in [6.07, 6.45) is 4.23. The van der Waals surface area contributed by atoms with Crippen molar-refractivity contribution >= 4 is 86.9 Å². The first-order chi connectivity index (χ1) is 21.5. The van der Waals surface area contributed by atoms with Crippen LogP contribution in [0.4, 0.5) is 5.69 Å². The highest BCUT2D eigenvalue weighted by Crippen LogP contribution is 2.49. The molecule has 6 rings (SSSR count). The van der Waals surface area contributed by atoms with Crippen LogP contribution in [0.3, 0.4) is 0 Å². The van der Waals surface area contributed by atoms with E-state index in [1.807, 2.05) is 24.3 Å². The van der Waals surface area contributed by atoms with Crippen LogP contribution in [-0.4, -0.2) is 49.4 Å². The molecule has 45 heavy (non-hydrogen) atoms. The van der Waals surface area contributed by atoms with E-state index in [-0.39, 0.29) is 17.5 Å². The largest absolute Gasteiger partial charge is 0.748 e. The molecule has 0 spiro atoms. The third-order valence-electron chi connectivity index (χ3n) is 8.17. The molecule has 236 valence electrons. The van der Waals surface area contributed by atoms with E-state index >= 15 is 0 Å². The normalized spacial score (nSPS) is 15.8. The van der Waals surface area contributed by atoms with Gasteiger partial charge in [0, 0.05) is 35.1 Å². The van der Waals surface area contributed by atoms with Crippen molar-refractivity contribution in [1.82, 2.24) is 0 Å². The summed E-state index contributed by atoms with van der Waals surface area (Å²) < 4.78 is 70.1. The van der Waals surface area contributed by atoms with Crippen molar-refractivity contribution in [1.29, 1.82) is 0 Å². The molecule has 0 fully saturated rings. The molecule has 1 atom stereocenters. The Balaban J connectivity index is 1.38. The molecular formula is C33H34N2O6S4. The van der Waals surface area contributed by atoms with Crippen LogP contribution in [-0.2, 0) is 26.8 Å². The Labute approximate surface area is 271 Å². The third-order valence-corrected chi connectivity index (χ3v) is 12.1. The van der Waals surface area contributed by atoms with Gasteiger partial charge in [0.05, 0.1) is 32.3 Å². The molecule has 1 aliphatic heterocycles. The summed E-state index contributed by atoms with van der Waals surface area (Å²) in [6, 6.07) is 24.7. The zero-order chi connectivity index (χ0) is 31.8. The van der Waals surface area contributed by atoms with Crippen molar-refractivity contribution in [2.75, 3.05) is 23.0 Å². The second-order valence-electron chi connectivity index (χ2n) is 11.2. The van der Waals surface area contributed by atoms with Gasteiger partial charge in [0.25, 0.3) is 15.1 Å². The van der Waals surface area contributed by atoms with Crippen molar-refractivity contribution < 1.29 is 30.5 Å². The van der Waals surface area contributed by atoms with E-state index in [4.69, 9.17) is 0 Å². The van der Waals surface area contributed by atoms with Crippen LogP contribution in [0.5, 0.6) is 0 Å². The minimum atomic E-state index is -4.33. The van der Waals surface area contributed by atoms with Gasteiger partial charge < -0.3 is 9.45 Å². The average Bonchev–Trinajstić information content (AvgIpc) is 3.53. The summed E-state index contributed by atoms with van der Waals surface area (Å²) in [5, 5.41) is 5.40. The van der Waals surface area contributed by atoms with Crippen LogP contribution >= 0.6 is 23.1 Å². The monoisotopic (exact) mass is 682 g/mol. The fourth-order valence-electron chi connectivity index (χ4n) is 6.11. The summed E-state index contributed by atoms with van der Waals surface area (Å²) in [4.78, 5) is 3.42. The Morgan fingerprint density at radius 1 is 0.933 bits per heavy atom. The van der Waals surface area contributed by atoms with Gasteiger partial charge in [0.1, 0.15) is 4.70 Å². The van der Waals surface area contributed by atoms with Gasteiger partial charge >= 0.3 is 0 Å². The number of thioether (sulfide) groups is 1. The lowest BCUT2D eigenvalue weighted by atomic mass is 10.1. The highest BCUT2D eigenvalue weighted by molar-refractivity contribution is 8.00. The number of hydrogen-bond acceptors (Lipinski definition) is 8. The quantitative estimate of drug-likeness (QED) is 0.112. The highest BCUT2D eigenvalue weighted by atomic mass is 32.2. The number of fused-ring (bicyclic) bond motifs is 6. The van der Waals surface area contributed by atoms with Crippen molar-refractivity contribution in [3.8, 4) is 0 Å². The molecule has 0 saturated carbocycles. The molecule has 4 aromatic carbocycles. The lowest BCUT2D eigenvalue weighted by Crippen LogP contribution is -2.36. The molecule has 0 radical (unpaired) electrons. The average molecular weight is 683 g/mol. The van der Waals surface area contributed by atoms with Crippen LogP contribution in [0, 0.1) is 0 Å². The number of benzene rings is 4. The van der Waals surface area contributed by atoms with Crippen LogP contribution in [0.25, 0.3) is 37.8 Å². The minimum Gasteiger partial charge on any atom is -0.748 e. The molecule has 0 amide bonds. The lowest BCUT2D eigenvalue weighted by Gasteiger charge is -2.28. The van der Waals surface area contributed by atoms with Crippen molar-refractivity contribution in [2.45, 2.75) is 49.4 Å². The van der Waals surface area contributed by atoms with Gasteiger partial charge in [-0.1, -0.05) is 90.2 Å². The number of thiazole rings is 1. The molecule has 12 heteroatoms. The maximum Gasteiger partial charge on any atom is 0.264 e. The first kappa shape index (κ1) is 32.0. The van der Waals surface area contributed by atoms with E-state index in [1.165, 1.54) is 5.57 Å². The van der Waals surface area contributed by atoms with Crippen molar-refractivity contribution in [3.05, 3.63) is 83.4 Å². The second kappa shape index (κ2) is 13.0. The summed E-state index contributed by atoms with van der Waals surface area (Å²) in [5.41, 5.74) is 3.32. The smallest absolute Gasteiger partial charge is 0.264 e. The second-order valence-corrected chi connectivity index (χ2v) is 16.6. The number of rotatable bonds is 12. The van der Waals surface area contributed by atoms with Gasteiger partial charge in [-0.3, -0.25) is 4.55 Å². The number of aryl methyl sites for hydroxylation is 1. The highest BCUT2D eigenvalue weighted by Gasteiger charge is 2.32. The van der Waals surface area contributed by atoms with Gasteiger partial charge in [-0.15, -0.1) is 0 Å². The number of nitrogens with zero attached hydrogens (tertiary/aromatic N) is 2. The molecule has 5 aromatic rings. The Morgan fingerprint density at radius 2 is 1.62 bits per heavy atom. The molecular weight excluding hydrogens is 649 g/mol. The van der Waals surface area contributed by atoms with E-state index in [9.17, 15) is 25.9 Å². The molecule has 1 N–H and O–H groups in total. The Hall–Kier alpha value is -3.00. The van der Waals surface area contributed by atoms with E-state index in [2.05, 4.69) is 71.0 Å². The Bertz CT molecular complexity index is 2140. The zero-order valence-corrected chi connectivity index (χ0v) is 28.0. The van der Waals surface area contributed by atoms with Crippen LogP contribution < -0.4 is 9.47 Å². The summed E-state index contributed by atoms with van der Waals surface area (Å²) >= 11 is 3.42. The van der Waals surface area contributed by atoms with Crippen LogP contribution in [0.1, 0.15) is 37.6 Å². The van der Waals surface area contributed by atoms with Gasteiger partial charge in [-0.05, 0) is 48.2 Å². The van der Waals surface area contributed by atoms with E-state index < -0.39 is 26.0 Å². The molecule has 1 aromatic heterocycles. The maximum atomic E-state index is 11.6. The summed E-state index contributed by atoms with van der Waals surface area (Å²) in [5.74, 6) is -0.721. The Kier molecular flexibility index (Phi) is 9.24. The molecule has 0 bridgehead atoms. The van der Waals surface area contributed by atoms with Crippen molar-refractivity contribution in [2.24, 2.45) is 0 Å². The maximum absolute atomic E-state index is 11.6. The first-order valence-corrected chi connectivity index (χ1v) is 19.8. The molecule has 8 nitrogen and oxygen atoms in total. The van der Waals surface area contributed by atoms with Crippen LogP contribution in [0.15, 0.2) is 83.3 Å². The predicted octanol–water partition coefficient (Wildman–Crippen LogP) is 6.83. The Morgan fingerprint density at radius 3 is 2.33 bits per heavy atom. The van der Waals surface area contributed by atoms with Gasteiger partial charge in [-0.25, -0.2) is 8.42 Å². The summed E-state index contributed by atoms with van der Waals surface area (Å²) in [6.45, 7) is 3.00. The standard InChI is InChI=1S/C33H34N2O6S4/c1-2-23(21-30-34(17-7-19-44(36,37)38)32-26-11-5-3-9-24(26)13-15-28(32)42-30)22-31-35(18-8-20-45(39,40)41)33-27-12-6-4-10-25(27)14-16-29(33)43-31/h3-6,9-16,21,31H,2,7-8,17-20,22H2,1H3,(H-,36,37,38,39,40,41)/b23-21-. The molecule has 1 aliphatic rings. The SMILES string of the molecule is CC/C(=C/c1sc2ccc3ccccc3c2[n+]1CCCS(=O)(=O)[O-])CC1Sc2ccc3ccccc3c2N1CCCS(=O)(=O)O. The fraction of sp³-hybridized carbons (Fsp3) is 0.303. The number of aromatic nitrogens is 1. The van der Waals surface area contributed by atoms with E-state index in [0.717, 1.165) is 60.2 Å². The molecule has 2 heterocycles. The number of hydrogen-bond donors (Lipinski definition) is 1. The number of anilines is 1.